The molecule has 3 rings (SSSR count). The Morgan fingerprint density at radius 1 is 0.389 bits per heavy atom. The van der Waals surface area contributed by atoms with E-state index in [-0.39, 0.29) is 239 Å². The molecule has 3 aromatic rings. The lowest BCUT2D eigenvalue weighted by atomic mass is 9.82. The van der Waals surface area contributed by atoms with E-state index in [0.717, 1.165) is 36.1 Å². The second-order valence-electron chi connectivity index (χ2n) is 33.6. The molecule has 1 heterocycles. The molecule has 0 radical (unpaired) electrons. The van der Waals surface area contributed by atoms with Gasteiger partial charge in [-0.15, -0.1) is 0 Å². The first kappa shape index (κ1) is 113. The van der Waals surface area contributed by atoms with Crippen molar-refractivity contribution in [3.8, 4) is 0 Å². The Kier molecular flexibility index (Phi) is 60.2. The Morgan fingerprint density at radius 3 is 1.37 bits per heavy atom. The van der Waals surface area contributed by atoms with Gasteiger partial charge in [0.05, 0.1) is 84.9 Å². The van der Waals surface area contributed by atoms with E-state index in [1.165, 1.54) is 11.1 Å². The number of benzene rings is 2. The first-order chi connectivity index (χ1) is 60.0. The topological polar surface area (TPSA) is 486 Å². The molecule has 0 aliphatic rings. The molecule has 4 atom stereocenters. The average molecular weight is 1780 g/mol. The van der Waals surface area contributed by atoms with Gasteiger partial charge in [-0.05, 0) is 137 Å². The van der Waals surface area contributed by atoms with Crippen LogP contribution in [0.25, 0.3) is 0 Å². The molecule has 34 nitrogen and oxygen atoms in total. The van der Waals surface area contributed by atoms with E-state index in [1.54, 1.807) is 26.4 Å². The fourth-order valence-corrected chi connectivity index (χ4v) is 12.5. The Bertz CT molecular complexity index is 3660. The maximum absolute atomic E-state index is 13.2. The predicted molar refractivity (Wildman–Crippen MR) is 472 cm³/mol. The number of carbonyl (C=O) groups excluding carboxylic acids is 11. The summed E-state index contributed by atoms with van der Waals surface area (Å²) in [6.45, 7) is 24.2. The number of aromatic amines is 1. The number of carbonyl (C=O) groups is 14. The van der Waals surface area contributed by atoms with Crippen LogP contribution in [0.15, 0.2) is 61.1 Å². The highest BCUT2D eigenvalue weighted by Crippen LogP contribution is 2.27. The molecule has 0 bridgehead atoms. The maximum Gasteiger partial charge on any atom is 0.326 e. The highest BCUT2D eigenvalue weighted by atomic mass is 16.5. The van der Waals surface area contributed by atoms with Crippen LogP contribution in [0, 0.1) is 17.3 Å². The molecule has 0 fully saturated rings. The number of ketones is 5. The van der Waals surface area contributed by atoms with Crippen molar-refractivity contribution in [3.63, 3.8) is 0 Å². The van der Waals surface area contributed by atoms with Crippen molar-refractivity contribution in [1.29, 1.82) is 0 Å². The van der Waals surface area contributed by atoms with Gasteiger partial charge in [0.15, 0.2) is 5.78 Å². The van der Waals surface area contributed by atoms with Crippen molar-refractivity contribution in [1.82, 2.24) is 47.2 Å². The van der Waals surface area contributed by atoms with E-state index < -0.39 is 53.1 Å². The third kappa shape index (κ3) is 56.1. The molecule has 6 amide bonds. The molecule has 0 aliphatic heterocycles. The van der Waals surface area contributed by atoms with Gasteiger partial charge in [0.25, 0.3) is 0 Å². The Morgan fingerprint density at radius 2 is 0.865 bits per heavy atom. The number of imidazole rings is 1. The van der Waals surface area contributed by atoms with Gasteiger partial charge in [-0.25, -0.2) is 9.78 Å². The van der Waals surface area contributed by atoms with Gasteiger partial charge >= 0.3 is 17.9 Å². The zero-order valence-corrected chi connectivity index (χ0v) is 76.4. The van der Waals surface area contributed by atoms with Gasteiger partial charge in [-0.3, -0.25) is 67.6 Å². The van der Waals surface area contributed by atoms with Crippen LogP contribution in [0.4, 0.5) is 0 Å². The molecular formula is C92H147N9O25. The SMILES string of the molecule is CCCNC(=O)COCCOCCNC(=O)COCCOCCCC(=O)CC[C@H](NC(=O)CCCc1ccc(C(C)(C)C)cc1)C(=O)O.CCC[C@H](CCC(=O)C(C)(C)C(=O)NCCc1cnc[nH]1)C(=O)CN[C@@H](CCCCNC(=O)COCCOCCCC(=O)COCCOCCNC(=O)CC[C@H](CC(=O)CCCc1ccc(C(C)(C)C)cc1)C(=O)O)C(=O)O. The molecule has 0 spiro atoms. The zero-order valence-electron chi connectivity index (χ0n) is 76.4. The molecular weight excluding hydrogens is 1630 g/mol. The first-order valence-electron chi connectivity index (χ1n) is 44.5. The highest BCUT2D eigenvalue weighted by molar-refractivity contribution is 6.05. The van der Waals surface area contributed by atoms with Crippen LogP contribution in [0.5, 0.6) is 0 Å². The minimum absolute atomic E-state index is 0.00783. The van der Waals surface area contributed by atoms with Crippen LogP contribution >= 0.6 is 0 Å². The fraction of sp³-hybridized carbons (Fsp3) is 0.685. The molecule has 0 unspecified atom stereocenters. The summed E-state index contributed by atoms with van der Waals surface area (Å²) < 4.78 is 42.9. The molecule has 1 aromatic heterocycles. The molecule has 0 saturated heterocycles. The number of nitrogens with zero attached hydrogens (tertiary/aromatic N) is 1. The molecule has 34 heteroatoms. The van der Waals surface area contributed by atoms with E-state index in [9.17, 15) is 82.4 Å². The van der Waals surface area contributed by atoms with Crippen molar-refractivity contribution >= 4 is 82.3 Å². The number of rotatable bonds is 75. The maximum atomic E-state index is 13.2. The van der Waals surface area contributed by atoms with E-state index in [4.69, 9.17) is 37.9 Å². The van der Waals surface area contributed by atoms with Crippen molar-refractivity contribution in [3.05, 3.63) is 89.0 Å². The number of nitrogens with one attached hydrogen (secondary N) is 8. The Hall–Kier alpha value is -9.13. The molecule has 2 aromatic carbocycles. The van der Waals surface area contributed by atoms with Crippen molar-refractivity contribution in [2.75, 3.05) is 145 Å². The van der Waals surface area contributed by atoms with Crippen molar-refractivity contribution in [2.45, 2.75) is 246 Å². The number of aromatic nitrogens is 2. The number of unbranched alkanes of at least 4 members (excludes halogenated alkanes) is 1. The van der Waals surface area contributed by atoms with Gasteiger partial charge in [-0.2, -0.15) is 0 Å². The molecule has 710 valence electrons. The quantitative estimate of drug-likeness (QED) is 0.0190. The number of aliphatic carboxylic acids is 3. The second kappa shape index (κ2) is 67.2. The van der Waals surface area contributed by atoms with E-state index >= 15 is 0 Å². The number of carboxylic acid groups (broad SMARTS) is 3. The molecule has 11 N–H and O–H groups in total. The average Bonchev–Trinajstić information content (AvgIpc) is 0.972. The third-order valence-electron chi connectivity index (χ3n) is 20.3. The third-order valence-corrected chi connectivity index (χ3v) is 20.3. The largest absolute Gasteiger partial charge is 0.481 e. The minimum atomic E-state index is -1.28. The zero-order chi connectivity index (χ0) is 93.4. The summed E-state index contributed by atoms with van der Waals surface area (Å²) in [5.41, 5.74) is 4.44. The van der Waals surface area contributed by atoms with Crippen LogP contribution in [-0.2, 0) is 135 Å². The molecule has 126 heavy (non-hydrogen) atoms. The highest BCUT2D eigenvalue weighted by Gasteiger charge is 2.36. The number of hydrogen-bond acceptors (Lipinski definition) is 24. The van der Waals surface area contributed by atoms with Crippen molar-refractivity contribution in [2.24, 2.45) is 17.3 Å². The number of carboxylic acids is 3. The van der Waals surface area contributed by atoms with Crippen LogP contribution in [0.1, 0.15) is 232 Å². The lowest BCUT2D eigenvalue weighted by Crippen LogP contribution is -2.43. The van der Waals surface area contributed by atoms with Gasteiger partial charge in [0, 0.05) is 122 Å². The minimum Gasteiger partial charge on any atom is -0.481 e. The normalized spacial score (nSPS) is 12.5. The predicted octanol–water partition coefficient (Wildman–Crippen LogP) is 7.77. The van der Waals surface area contributed by atoms with Gasteiger partial charge in [0.1, 0.15) is 67.1 Å². The van der Waals surface area contributed by atoms with Crippen LogP contribution < -0.4 is 37.2 Å². The number of Topliss-reactive ketones (excluding diaryl/α,β-unsaturated/α-hetero) is 5. The van der Waals surface area contributed by atoms with E-state index in [1.807, 2.05) is 13.8 Å². The number of ether oxygens (including phenoxy) is 8. The van der Waals surface area contributed by atoms with E-state index in [2.05, 4.69) is 137 Å². The number of amides is 6. The standard InChI is InChI=1S/C57H90N6O15.C35H57N3O10/c1-7-12-42(19-23-50(67)57(5,6)55(74)61-27-25-45-36-58-40-63-45)49(66)37-62-48(54(72)73)16-8-9-26-59-52(69)39-78-34-31-75-29-11-15-47(65)38-77-33-32-76-30-28-60-51(68)24-20-43(53(70)71)35-46(64)14-10-13-41-17-21-44(22-18-41)56(2,3)4;1-5-17-36-32(41)25-48-24-22-46-20-18-37-33(42)26-47-23-21-45-19-7-9-29(39)15-16-30(34(43)44)38-31(40)10-6-8-27-11-13-28(14-12-27)35(2,3)4/h17-18,21-22,36,40,42-43,48,62H,7-16,19-20,23-35,37-39H2,1-6H3,(H,58,63)(H,59,69)(H,60,68)(H,61,74)(H,70,71)(H,72,73);11-14,30H,5-10,15-26H2,1-4H3,(H,36,41)(H,37,42)(H,38,40)(H,43,44)/t42-,43-,48+;30-/m10/s1. The summed E-state index contributed by atoms with van der Waals surface area (Å²) in [4.78, 5) is 178. The lowest BCUT2D eigenvalue weighted by molar-refractivity contribution is -0.144. The molecule has 0 aliphatic carbocycles. The smallest absolute Gasteiger partial charge is 0.326 e. The number of aryl methyl sites for hydroxylation is 2. The fourth-order valence-electron chi connectivity index (χ4n) is 12.5. The second-order valence-corrected chi connectivity index (χ2v) is 33.6. The summed E-state index contributed by atoms with van der Waals surface area (Å²) in [5.74, 6) is -7.40. The summed E-state index contributed by atoms with van der Waals surface area (Å²) in [6, 6.07) is 14.6. The van der Waals surface area contributed by atoms with Gasteiger partial charge < -0.3 is 90.1 Å². The summed E-state index contributed by atoms with van der Waals surface area (Å²) in [5, 5.41) is 47.9. The van der Waals surface area contributed by atoms with Gasteiger partial charge in [0.2, 0.25) is 35.4 Å². The summed E-state index contributed by atoms with van der Waals surface area (Å²) in [7, 11) is 0. The van der Waals surface area contributed by atoms with Crippen LogP contribution in [-0.4, -0.2) is 265 Å². The Labute approximate surface area is 743 Å². The first-order valence-corrected chi connectivity index (χ1v) is 44.5. The molecule has 0 saturated carbocycles. The van der Waals surface area contributed by atoms with E-state index in [0.29, 0.717) is 110 Å². The number of H-pyrrole nitrogens is 1. The Balaban J connectivity index is 0.000000957. The monoisotopic (exact) mass is 1780 g/mol. The van der Waals surface area contributed by atoms with Crippen LogP contribution in [0.2, 0.25) is 0 Å². The summed E-state index contributed by atoms with van der Waals surface area (Å²) in [6.07, 6.45) is 11.9. The van der Waals surface area contributed by atoms with Gasteiger partial charge in [-0.1, -0.05) is 110 Å². The van der Waals surface area contributed by atoms with Crippen molar-refractivity contribution < 1.29 is 120 Å². The summed E-state index contributed by atoms with van der Waals surface area (Å²) >= 11 is 0. The van der Waals surface area contributed by atoms with Crippen LogP contribution in [0.3, 0.4) is 0 Å². The lowest BCUT2D eigenvalue weighted by Gasteiger charge is -2.24. The number of hydrogen-bond donors (Lipinski definition) is 11.